The molecule has 0 amide bonds. The van der Waals surface area contributed by atoms with Crippen molar-refractivity contribution in [3.05, 3.63) is 46.7 Å². The van der Waals surface area contributed by atoms with Gasteiger partial charge in [0.05, 0.1) is 28.4 Å². The first-order valence-corrected chi connectivity index (χ1v) is 12.9. The van der Waals surface area contributed by atoms with Crippen LogP contribution in [0.15, 0.2) is 34.9 Å². The molecule has 2 aromatic heterocycles. The van der Waals surface area contributed by atoms with E-state index in [9.17, 15) is 0 Å². The van der Waals surface area contributed by atoms with E-state index in [4.69, 9.17) is 19.7 Å². The molecule has 0 spiro atoms. The molecule has 2 aliphatic carbocycles. The fourth-order valence-electron chi connectivity index (χ4n) is 4.98. The lowest BCUT2D eigenvalue weighted by Gasteiger charge is -2.36. The molecule has 0 unspecified atom stereocenters. The first-order chi connectivity index (χ1) is 16.5. The number of hydrogen-bond donors (Lipinski definition) is 1. The molecule has 2 aliphatic rings. The van der Waals surface area contributed by atoms with Crippen LogP contribution in [0, 0.1) is 18.8 Å². The Morgan fingerprint density at radius 3 is 2.59 bits per heavy atom. The summed E-state index contributed by atoms with van der Waals surface area (Å²) in [5, 5.41) is 4.02. The third kappa shape index (κ3) is 4.84. The standard InChI is InChI=1S/C27H31N3O3S/c1-18-29-26(30-33-18)25-10-8-22(34-25)13-16-27(14-11-20(28)12-15-27)19-7-9-23(31-2)24(17-19)32-21-5-3-4-6-21/h7-10,17,20-21H,3-6,11-12,14-15,28H2,1-2H3. The second kappa shape index (κ2) is 9.81. The van der Waals surface area contributed by atoms with Crippen LogP contribution >= 0.6 is 11.3 Å². The van der Waals surface area contributed by atoms with E-state index in [2.05, 4.69) is 34.1 Å². The van der Waals surface area contributed by atoms with Gasteiger partial charge in [0.25, 0.3) is 0 Å². The Morgan fingerprint density at radius 2 is 1.88 bits per heavy atom. The molecule has 0 bridgehead atoms. The Kier molecular flexibility index (Phi) is 6.62. The number of ether oxygens (including phenoxy) is 2. The number of rotatable bonds is 5. The quantitative estimate of drug-likeness (QED) is 0.480. The monoisotopic (exact) mass is 477 g/mol. The van der Waals surface area contributed by atoms with Crippen LogP contribution in [0.3, 0.4) is 0 Å². The summed E-state index contributed by atoms with van der Waals surface area (Å²) in [4.78, 5) is 6.27. The molecule has 5 rings (SSSR count). The van der Waals surface area contributed by atoms with E-state index in [1.165, 1.54) is 18.4 Å². The lowest BCUT2D eigenvalue weighted by molar-refractivity contribution is 0.200. The Labute approximate surface area is 204 Å². The van der Waals surface area contributed by atoms with Crippen LogP contribution in [0.4, 0.5) is 0 Å². The molecule has 178 valence electrons. The minimum atomic E-state index is -0.261. The van der Waals surface area contributed by atoms with Gasteiger partial charge in [-0.05, 0) is 81.2 Å². The summed E-state index contributed by atoms with van der Waals surface area (Å²) in [7, 11) is 1.70. The van der Waals surface area contributed by atoms with Crippen molar-refractivity contribution in [3.63, 3.8) is 0 Å². The average molecular weight is 478 g/mol. The summed E-state index contributed by atoms with van der Waals surface area (Å²) in [6.45, 7) is 1.79. The number of hydrogen-bond acceptors (Lipinski definition) is 7. The number of aromatic nitrogens is 2. The number of benzene rings is 1. The molecule has 2 fully saturated rings. The van der Waals surface area contributed by atoms with Gasteiger partial charge in [-0.25, -0.2) is 0 Å². The van der Waals surface area contributed by atoms with Crippen molar-refractivity contribution in [1.29, 1.82) is 0 Å². The fraction of sp³-hybridized carbons (Fsp3) is 0.481. The highest BCUT2D eigenvalue weighted by Gasteiger charge is 2.35. The lowest BCUT2D eigenvalue weighted by Crippen LogP contribution is -2.36. The number of methoxy groups -OCH3 is 1. The maximum atomic E-state index is 6.39. The summed E-state index contributed by atoms with van der Waals surface area (Å²) >= 11 is 1.58. The van der Waals surface area contributed by atoms with Crippen molar-refractivity contribution in [2.24, 2.45) is 5.73 Å². The zero-order valence-corrected chi connectivity index (χ0v) is 20.6. The first-order valence-electron chi connectivity index (χ1n) is 12.1. The van der Waals surface area contributed by atoms with Crippen LogP contribution in [0.1, 0.15) is 67.7 Å². The molecule has 2 heterocycles. The SMILES string of the molecule is COc1ccc(C2(C#Cc3ccc(-c4noc(C)n4)s3)CCC(N)CC2)cc1OC1CCCC1. The average Bonchev–Trinajstić information content (AvgIpc) is 3.61. The van der Waals surface area contributed by atoms with Crippen molar-refractivity contribution < 1.29 is 14.0 Å². The number of aryl methyl sites for hydroxylation is 1. The van der Waals surface area contributed by atoms with Crippen LogP contribution in [-0.4, -0.2) is 29.4 Å². The second-order valence-corrected chi connectivity index (χ2v) is 10.4. The number of nitrogens with two attached hydrogens (primary N) is 1. The molecule has 0 saturated heterocycles. The molecule has 1 aromatic carbocycles. The minimum absolute atomic E-state index is 0.234. The van der Waals surface area contributed by atoms with Gasteiger partial charge in [0.15, 0.2) is 11.5 Å². The van der Waals surface area contributed by atoms with E-state index in [0.717, 1.165) is 59.8 Å². The van der Waals surface area contributed by atoms with Gasteiger partial charge >= 0.3 is 0 Å². The summed E-state index contributed by atoms with van der Waals surface area (Å²) in [5.74, 6) is 9.89. The molecule has 0 atom stereocenters. The maximum absolute atomic E-state index is 6.39. The maximum Gasteiger partial charge on any atom is 0.223 e. The van der Waals surface area contributed by atoms with Crippen LogP contribution in [0.2, 0.25) is 0 Å². The number of thiophene rings is 1. The molecular formula is C27H31N3O3S. The third-order valence-corrected chi connectivity index (χ3v) is 7.97. The molecule has 2 N–H and O–H groups in total. The van der Waals surface area contributed by atoms with E-state index < -0.39 is 0 Å². The Morgan fingerprint density at radius 1 is 1.09 bits per heavy atom. The van der Waals surface area contributed by atoms with Crippen LogP contribution in [0.5, 0.6) is 11.5 Å². The van der Waals surface area contributed by atoms with E-state index in [1.807, 2.05) is 18.2 Å². The lowest BCUT2D eigenvalue weighted by atomic mass is 9.68. The zero-order valence-electron chi connectivity index (χ0n) is 19.8. The molecule has 0 aliphatic heterocycles. The van der Waals surface area contributed by atoms with Crippen molar-refractivity contribution in [2.75, 3.05) is 7.11 Å². The predicted octanol–water partition coefficient (Wildman–Crippen LogP) is 5.63. The van der Waals surface area contributed by atoms with Crippen LogP contribution in [-0.2, 0) is 5.41 Å². The van der Waals surface area contributed by atoms with Gasteiger partial charge in [-0.15, -0.1) is 11.3 Å². The Bertz CT molecular complexity index is 1190. The fourth-order valence-corrected chi connectivity index (χ4v) is 5.76. The van der Waals surface area contributed by atoms with E-state index in [-0.39, 0.29) is 17.6 Å². The molecule has 0 radical (unpaired) electrons. The summed E-state index contributed by atoms with van der Waals surface area (Å²) < 4.78 is 17.1. The first kappa shape index (κ1) is 22.9. The molecule has 7 heteroatoms. The Balaban J connectivity index is 1.47. The van der Waals surface area contributed by atoms with Crippen molar-refractivity contribution in [1.82, 2.24) is 10.1 Å². The second-order valence-electron chi connectivity index (χ2n) is 9.36. The summed E-state index contributed by atoms with van der Waals surface area (Å²) in [5.41, 5.74) is 7.21. The van der Waals surface area contributed by atoms with Crippen molar-refractivity contribution in [2.45, 2.75) is 75.9 Å². The van der Waals surface area contributed by atoms with Gasteiger partial charge < -0.3 is 19.7 Å². The van der Waals surface area contributed by atoms with E-state index in [0.29, 0.717) is 11.7 Å². The van der Waals surface area contributed by atoms with Gasteiger partial charge in [0.2, 0.25) is 11.7 Å². The zero-order chi connectivity index (χ0) is 23.5. The van der Waals surface area contributed by atoms with E-state index in [1.54, 1.807) is 25.4 Å². The van der Waals surface area contributed by atoms with Gasteiger partial charge in [-0.3, -0.25) is 0 Å². The van der Waals surface area contributed by atoms with Gasteiger partial charge in [-0.2, -0.15) is 4.98 Å². The largest absolute Gasteiger partial charge is 0.493 e. The highest BCUT2D eigenvalue weighted by atomic mass is 32.1. The topological polar surface area (TPSA) is 83.4 Å². The Hall–Kier alpha value is -2.82. The van der Waals surface area contributed by atoms with Gasteiger partial charge in [-0.1, -0.05) is 23.1 Å². The third-order valence-electron chi connectivity index (χ3n) is 6.97. The molecule has 3 aromatic rings. The molecular weight excluding hydrogens is 446 g/mol. The normalized spacial score (nSPS) is 22.9. The molecule has 6 nitrogen and oxygen atoms in total. The van der Waals surface area contributed by atoms with Gasteiger partial charge in [0, 0.05) is 13.0 Å². The number of nitrogens with zero attached hydrogens (tertiary/aromatic N) is 2. The smallest absolute Gasteiger partial charge is 0.223 e. The highest BCUT2D eigenvalue weighted by Crippen LogP contribution is 2.43. The summed E-state index contributed by atoms with van der Waals surface area (Å²) in [6.07, 6.45) is 8.70. The predicted molar refractivity (Wildman–Crippen MR) is 133 cm³/mol. The summed E-state index contributed by atoms with van der Waals surface area (Å²) in [6, 6.07) is 10.6. The minimum Gasteiger partial charge on any atom is -0.493 e. The van der Waals surface area contributed by atoms with Crippen molar-refractivity contribution in [3.8, 4) is 34.0 Å². The van der Waals surface area contributed by atoms with Crippen molar-refractivity contribution >= 4 is 11.3 Å². The van der Waals surface area contributed by atoms with E-state index >= 15 is 0 Å². The molecule has 2 saturated carbocycles. The highest BCUT2D eigenvalue weighted by molar-refractivity contribution is 7.15. The molecule has 34 heavy (non-hydrogen) atoms. The van der Waals surface area contributed by atoms with Crippen LogP contribution in [0.25, 0.3) is 10.7 Å². The van der Waals surface area contributed by atoms with Gasteiger partial charge in [0.1, 0.15) is 0 Å². The van der Waals surface area contributed by atoms with Crippen LogP contribution < -0.4 is 15.2 Å².